The number of ether oxygens (including phenoxy) is 1. The fourth-order valence-corrected chi connectivity index (χ4v) is 3.14. The van der Waals surface area contributed by atoms with Gasteiger partial charge in [-0.2, -0.15) is 0 Å². The van der Waals surface area contributed by atoms with E-state index in [4.69, 9.17) is 9.84 Å². The van der Waals surface area contributed by atoms with Crippen molar-refractivity contribution in [2.45, 2.75) is 26.3 Å². The van der Waals surface area contributed by atoms with Crippen LogP contribution in [0.2, 0.25) is 0 Å². The maximum absolute atomic E-state index is 12.6. The standard InChI is InChI=1S/C16H27N3O5/c1-12(2)19(11-15(21)22)16(23)13-9-14(20)18(10-13)4-3-17-5-7-24-8-6-17/h12-13H,3-11H2,1-2H3,(H,21,22). The van der Waals surface area contributed by atoms with Crippen LogP contribution in [-0.4, -0.2) is 96.1 Å². The average molecular weight is 341 g/mol. The number of amides is 2. The molecule has 2 saturated heterocycles. The highest BCUT2D eigenvalue weighted by Gasteiger charge is 2.37. The molecule has 0 aromatic rings. The summed E-state index contributed by atoms with van der Waals surface area (Å²) in [6, 6.07) is -0.203. The van der Waals surface area contributed by atoms with E-state index in [9.17, 15) is 14.4 Å². The molecule has 2 aliphatic rings. The summed E-state index contributed by atoms with van der Waals surface area (Å²) in [6.45, 7) is 8.17. The smallest absolute Gasteiger partial charge is 0.323 e. The number of hydrogen-bond donors (Lipinski definition) is 1. The largest absolute Gasteiger partial charge is 0.480 e. The minimum Gasteiger partial charge on any atom is -0.480 e. The van der Waals surface area contributed by atoms with Gasteiger partial charge in [0.25, 0.3) is 0 Å². The number of carboxylic acids is 1. The lowest BCUT2D eigenvalue weighted by Gasteiger charge is -2.29. The van der Waals surface area contributed by atoms with Crippen LogP contribution >= 0.6 is 0 Å². The minimum atomic E-state index is -1.04. The SMILES string of the molecule is CC(C)N(CC(=O)O)C(=O)C1CC(=O)N(CCN2CCOCC2)C1. The van der Waals surface area contributed by atoms with Gasteiger partial charge in [-0.3, -0.25) is 19.3 Å². The fourth-order valence-electron chi connectivity index (χ4n) is 3.14. The van der Waals surface area contributed by atoms with E-state index in [-0.39, 0.29) is 30.8 Å². The molecule has 2 aliphatic heterocycles. The first-order chi connectivity index (χ1) is 11.4. The zero-order chi connectivity index (χ0) is 17.7. The third-order valence-electron chi connectivity index (χ3n) is 4.57. The molecule has 2 heterocycles. The Bertz CT molecular complexity index is 476. The lowest BCUT2D eigenvalue weighted by atomic mass is 10.1. The molecule has 2 rings (SSSR count). The summed E-state index contributed by atoms with van der Waals surface area (Å²) >= 11 is 0. The first kappa shape index (κ1) is 18.7. The van der Waals surface area contributed by atoms with Gasteiger partial charge in [0.15, 0.2) is 0 Å². The van der Waals surface area contributed by atoms with Gasteiger partial charge < -0.3 is 19.6 Å². The summed E-state index contributed by atoms with van der Waals surface area (Å²) in [6.07, 6.45) is 0.171. The number of carbonyl (C=O) groups excluding carboxylic acids is 2. The van der Waals surface area contributed by atoms with Crippen molar-refractivity contribution in [3.05, 3.63) is 0 Å². The number of likely N-dealkylation sites (tertiary alicyclic amines) is 1. The first-order valence-corrected chi connectivity index (χ1v) is 8.48. The van der Waals surface area contributed by atoms with Gasteiger partial charge in [0.2, 0.25) is 11.8 Å². The number of morpholine rings is 1. The van der Waals surface area contributed by atoms with Crippen LogP contribution in [0.4, 0.5) is 0 Å². The molecule has 2 amide bonds. The predicted molar refractivity (Wildman–Crippen MR) is 86.4 cm³/mol. The van der Waals surface area contributed by atoms with Crippen molar-refractivity contribution < 1.29 is 24.2 Å². The maximum Gasteiger partial charge on any atom is 0.323 e. The fraction of sp³-hybridized carbons (Fsp3) is 0.812. The zero-order valence-corrected chi connectivity index (χ0v) is 14.4. The molecule has 1 N–H and O–H groups in total. The van der Waals surface area contributed by atoms with Crippen molar-refractivity contribution in [3.63, 3.8) is 0 Å². The van der Waals surface area contributed by atoms with Crippen molar-refractivity contribution in [1.82, 2.24) is 14.7 Å². The van der Waals surface area contributed by atoms with Crippen LogP contribution in [0.25, 0.3) is 0 Å². The van der Waals surface area contributed by atoms with Crippen LogP contribution in [0, 0.1) is 5.92 Å². The van der Waals surface area contributed by atoms with Gasteiger partial charge >= 0.3 is 5.97 Å². The monoisotopic (exact) mass is 341 g/mol. The second kappa shape index (κ2) is 8.43. The molecule has 0 spiro atoms. The van der Waals surface area contributed by atoms with Crippen molar-refractivity contribution >= 4 is 17.8 Å². The van der Waals surface area contributed by atoms with Gasteiger partial charge in [-0.05, 0) is 13.8 Å². The minimum absolute atomic E-state index is 0.0272. The molecule has 1 unspecified atom stereocenters. The normalized spacial score (nSPS) is 22.2. The van der Waals surface area contributed by atoms with E-state index in [0.717, 1.165) is 19.6 Å². The Morgan fingerprint density at radius 2 is 1.96 bits per heavy atom. The molecule has 0 saturated carbocycles. The number of carbonyl (C=O) groups is 3. The number of hydrogen-bond acceptors (Lipinski definition) is 5. The first-order valence-electron chi connectivity index (χ1n) is 8.48. The van der Waals surface area contributed by atoms with Gasteiger partial charge in [0.05, 0.1) is 19.1 Å². The number of carboxylic acid groups (broad SMARTS) is 1. The summed E-state index contributed by atoms with van der Waals surface area (Å²) in [5.74, 6) is -1.75. The second-order valence-electron chi connectivity index (χ2n) is 6.65. The van der Waals surface area contributed by atoms with Crippen molar-refractivity contribution in [2.75, 3.05) is 52.5 Å². The van der Waals surface area contributed by atoms with Crippen LogP contribution in [0.5, 0.6) is 0 Å². The van der Waals surface area contributed by atoms with E-state index in [0.29, 0.717) is 26.3 Å². The Morgan fingerprint density at radius 1 is 1.29 bits per heavy atom. The third kappa shape index (κ3) is 4.91. The summed E-state index contributed by atoms with van der Waals surface area (Å²) in [4.78, 5) is 41.0. The van der Waals surface area contributed by atoms with E-state index in [1.807, 2.05) is 0 Å². The Morgan fingerprint density at radius 3 is 2.54 bits per heavy atom. The molecule has 2 fully saturated rings. The average Bonchev–Trinajstić information content (AvgIpc) is 2.91. The van der Waals surface area contributed by atoms with Crippen LogP contribution in [0.15, 0.2) is 0 Å². The van der Waals surface area contributed by atoms with E-state index >= 15 is 0 Å². The maximum atomic E-state index is 12.6. The third-order valence-corrected chi connectivity index (χ3v) is 4.57. The lowest BCUT2D eigenvalue weighted by Crippen LogP contribution is -2.45. The molecule has 8 nitrogen and oxygen atoms in total. The van der Waals surface area contributed by atoms with E-state index in [2.05, 4.69) is 4.90 Å². The number of rotatable bonds is 7. The van der Waals surface area contributed by atoms with E-state index in [1.54, 1.807) is 18.7 Å². The van der Waals surface area contributed by atoms with E-state index < -0.39 is 11.9 Å². The van der Waals surface area contributed by atoms with Crippen LogP contribution in [0.1, 0.15) is 20.3 Å². The molecule has 0 aromatic carbocycles. The summed E-state index contributed by atoms with van der Waals surface area (Å²) in [5.41, 5.74) is 0. The number of aliphatic carboxylic acids is 1. The zero-order valence-electron chi connectivity index (χ0n) is 14.4. The molecule has 1 atom stereocenters. The quantitative estimate of drug-likeness (QED) is 0.671. The number of nitrogens with zero attached hydrogens (tertiary/aromatic N) is 3. The Balaban J connectivity index is 1.87. The van der Waals surface area contributed by atoms with Gasteiger partial charge in [0, 0.05) is 45.2 Å². The Hall–Kier alpha value is -1.67. The lowest BCUT2D eigenvalue weighted by molar-refractivity contribution is -0.147. The highest BCUT2D eigenvalue weighted by atomic mass is 16.5. The predicted octanol–water partition coefficient (Wildman–Crippen LogP) is -0.511. The molecule has 8 heteroatoms. The van der Waals surface area contributed by atoms with Crippen LogP contribution in [-0.2, 0) is 19.1 Å². The van der Waals surface area contributed by atoms with Crippen molar-refractivity contribution in [1.29, 1.82) is 0 Å². The van der Waals surface area contributed by atoms with Gasteiger partial charge in [0.1, 0.15) is 6.54 Å². The molecular weight excluding hydrogens is 314 g/mol. The summed E-state index contributed by atoms with van der Waals surface area (Å²) in [7, 11) is 0. The molecular formula is C16H27N3O5. The van der Waals surface area contributed by atoms with Gasteiger partial charge in [-0.1, -0.05) is 0 Å². The van der Waals surface area contributed by atoms with Crippen LogP contribution < -0.4 is 0 Å². The van der Waals surface area contributed by atoms with Crippen molar-refractivity contribution in [3.8, 4) is 0 Å². The van der Waals surface area contributed by atoms with Gasteiger partial charge in [-0.25, -0.2) is 0 Å². The van der Waals surface area contributed by atoms with E-state index in [1.165, 1.54) is 4.90 Å². The molecule has 136 valence electrons. The van der Waals surface area contributed by atoms with Crippen LogP contribution in [0.3, 0.4) is 0 Å². The molecule has 0 radical (unpaired) electrons. The highest BCUT2D eigenvalue weighted by Crippen LogP contribution is 2.21. The summed E-state index contributed by atoms with van der Waals surface area (Å²) < 4.78 is 5.30. The highest BCUT2D eigenvalue weighted by molar-refractivity contribution is 5.90. The van der Waals surface area contributed by atoms with Gasteiger partial charge in [-0.15, -0.1) is 0 Å². The Labute approximate surface area is 142 Å². The molecule has 0 bridgehead atoms. The molecule has 24 heavy (non-hydrogen) atoms. The topological polar surface area (TPSA) is 90.4 Å². The Kier molecular flexibility index (Phi) is 6.56. The molecule has 0 aromatic heterocycles. The second-order valence-corrected chi connectivity index (χ2v) is 6.65. The molecule has 0 aliphatic carbocycles. The summed E-state index contributed by atoms with van der Waals surface area (Å²) in [5, 5.41) is 8.97. The van der Waals surface area contributed by atoms with Crippen molar-refractivity contribution in [2.24, 2.45) is 5.92 Å².